The van der Waals surface area contributed by atoms with Crippen molar-refractivity contribution in [3.8, 4) is 11.5 Å². The number of hydrogen-bond donors (Lipinski definition) is 1. The number of nitrogens with zero attached hydrogens (tertiary/aromatic N) is 1. The second kappa shape index (κ2) is 9.81. The third-order valence-electron chi connectivity index (χ3n) is 3.95. The summed E-state index contributed by atoms with van der Waals surface area (Å²) < 4.78 is 47.2. The molecule has 0 aliphatic heterocycles. The Hall–Kier alpha value is -3.23. The molecule has 0 unspecified atom stereocenters. The fourth-order valence-electron chi connectivity index (χ4n) is 2.54. The average molecular weight is 410 g/mol. The number of anilines is 1. The Morgan fingerprint density at radius 3 is 2.28 bits per heavy atom. The molecule has 2 aromatic rings. The van der Waals surface area contributed by atoms with Crippen LogP contribution < -0.4 is 14.8 Å². The SMILES string of the molecule is COc1cc(C(=O)N(CC(=O)Nc2ccc(F)cc2)C(C)C)ccc1OC(F)F. The lowest BCUT2D eigenvalue weighted by Gasteiger charge is -2.26. The van der Waals surface area contributed by atoms with Gasteiger partial charge in [0.1, 0.15) is 12.4 Å². The molecule has 156 valence electrons. The van der Waals surface area contributed by atoms with E-state index in [1.54, 1.807) is 13.8 Å². The van der Waals surface area contributed by atoms with Gasteiger partial charge in [-0.25, -0.2) is 4.39 Å². The summed E-state index contributed by atoms with van der Waals surface area (Å²) >= 11 is 0. The van der Waals surface area contributed by atoms with Gasteiger partial charge in [0.15, 0.2) is 11.5 Å². The molecule has 0 heterocycles. The molecular weight excluding hydrogens is 389 g/mol. The van der Waals surface area contributed by atoms with Crippen LogP contribution in [0.1, 0.15) is 24.2 Å². The minimum absolute atomic E-state index is 0.0318. The molecule has 0 atom stereocenters. The lowest BCUT2D eigenvalue weighted by molar-refractivity contribution is -0.117. The smallest absolute Gasteiger partial charge is 0.387 e. The molecule has 2 aromatic carbocycles. The number of halogens is 3. The molecule has 0 saturated heterocycles. The molecule has 6 nitrogen and oxygen atoms in total. The van der Waals surface area contributed by atoms with Crippen molar-refractivity contribution in [2.45, 2.75) is 26.5 Å². The summed E-state index contributed by atoms with van der Waals surface area (Å²) in [5.41, 5.74) is 0.537. The Balaban J connectivity index is 2.16. The Labute approximate surface area is 166 Å². The maximum Gasteiger partial charge on any atom is 0.387 e. The number of rotatable bonds is 8. The largest absolute Gasteiger partial charge is 0.493 e. The molecule has 1 N–H and O–H groups in total. The van der Waals surface area contributed by atoms with Gasteiger partial charge in [0, 0.05) is 17.3 Å². The highest BCUT2D eigenvalue weighted by Crippen LogP contribution is 2.30. The first kappa shape index (κ1) is 22.1. The van der Waals surface area contributed by atoms with Crippen molar-refractivity contribution in [2.75, 3.05) is 19.0 Å². The van der Waals surface area contributed by atoms with Crippen LogP contribution in [0, 0.1) is 5.82 Å². The maximum atomic E-state index is 13.0. The minimum Gasteiger partial charge on any atom is -0.493 e. The molecule has 0 saturated carbocycles. The van der Waals surface area contributed by atoms with Crippen LogP contribution in [0.3, 0.4) is 0 Å². The second-order valence-corrected chi connectivity index (χ2v) is 6.33. The van der Waals surface area contributed by atoms with E-state index >= 15 is 0 Å². The summed E-state index contributed by atoms with van der Waals surface area (Å²) in [7, 11) is 1.26. The number of benzene rings is 2. The zero-order valence-corrected chi connectivity index (χ0v) is 16.1. The number of carbonyl (C=O) groups excluding carboxylic acids is 2. The Morgan fingerprint density at radius 1 is 1.07 bits per heavy atom. The maximum absolute atomic E-state index is 13.0. The molecule has 9 heteroatoms. The standard InChI is InChI=1S/C20H21F3N2O4/c1-12(2)25(11-18(26)24-15-7-5-14(21)6-8-15)19(27)13-4-9-16(29-20(22)23)17(10-13)28-3/h4-10,12,20H,11H2,1-3H3,(H,24,26). The fraction of sp³-hybridized carbons (Fsp3) is 0.300. The first-order chi connectivity index (χ1) is 13.7. The van der Waals surface area contributed by atoms with E-state index in [2.05, 4.69) is 10.1 Å². The molecule has 0 aliphatic rings. The number of ether oxygens (including phenoxy) is 2. The van der Waals surface area contributed by atoms with E-state index < -0.39 is 24.2 Å². The van der Waals surface area contributed by atoms with Crippen LogP contribution in [0.25, 0.3) is 0 Å². The summed E-state index contributed by atoms with van der Waals surface area (Å²) in [5, 5.41) is 2.59. The minimum atomic E-state index is -3.03. The zero-order chi connectivity index (χ0) is 21.6. The number of carbonyl (C=O) groups is 2. The highest BCUT2D eigenvalue weighted by atomic mass is 19.3. The molecule has 2 rings (SSSR count). The second-order valence-electron chi connectivity index (χ2n) is 6.33. The number of amides is 2. The van der Waals surface area contributed by atoms with Crippen LogP contribution >= 0.6 is 0 Å². The van der Waals surface area contributed by atoms with E-state index in [0.29, 0.717) is 5.69 Å². The van der Waals surface area contributed by atoms with Gasteiger partial charge in [0.25, 0.3) is 5.91 Å². The van der Waals surface area contributed by atoms with Crippen molar-refractivity contribution in [2.24, 2.45) is 0 Å². The monoisotopic (exact) mass is 410 g/mol. The van der Waals surface area contributed by atoms with Crippen LogP contribution in [0.2, 0.25) is 0 Å². The van der Waals surface area contributed by atoms with E-state index in [9.17, 15) is 22.8 Å². The predicted molar refractivity (Wildman–Crippen MR) is 101 cm³/mol. The van der Waals surface area contributed by atoms with Gasteiger partial charge in [0.05, 0.1) is 7.11 Å². The Kier molecular flexibility index (Phi) is 7.46. The van der Waals surface area contributed by atoms with Gasteiger partial charge in [-0.15, -0.1) is 0 Å². The van der Waals surface area contributed by atoms with Gasteiger partial charge < -0.3 is 19.7 Å². The van der Waals surface area contributed by atoms with E-state index in [-0.39, 0.29) is 29.6 Å². The molecule has 29 heavy (non-hydrogen) atoms. The van der Waals surface area contributed by atoms with E-state index in [4.69, 9.17) is 4.74 Å². The van der Waals surface area contributed by atoms with Crippen molar-refractivity contribution < 1.29 is 32.2 Å². The number of alkyl halides is 2. The van der Waals surface area contributed by atoms with Crippen molar-refractivity contribution >= 4 is 17.5 Å². The van der Waals surface area contributed by atoms with Crippen LogP contribution in [0.4, 0.5) is 18.9 Å². The molecule has 2 amide bonds. The van der Waals surface area contributed by atoms with Crippen LogP contribution in [0.5, 0.6) is 11.5 Å². The quantitative estimate of drug-likeness (QED) is 0.716. The highest BCUT2D eigenvalue weighted by Gasteiger charge is 2.23. The third kappa shape index (κ3) is 6.13. The summed E-state index contributed by atoms with van der Waals surface area (Å²) in [6.07, 6.45) is 0. The van der Waals surface area contributed by atoms with E-state index in [0.717, 1.165) is 0 Å². The summed E-state index contributed by atoms with van der Waals surface area (Å²) in [4.78, 5) is 26.5. The molecule has 0 bridgehead atoms. The number of hydrogen-bond acceptors (Lipinski definition) is 4. The molecule has 0 radical (unpaired) electrons. The summed E-state index contributed by atoms with van der Waals surface area (Å²) in [5.74, 6) is -1.63. The van der Waals surface area contributed by atoms with Gasteiger partial charge in [-0.1, -0.05) is 0 Å². The van der Waals surface area contributed by atoms with Crippen molar-refractivity contribution in [3.05, 3.63) is 53.8 Å². The van der Waals surface area contributed by atoms with Crippen molar-refractivity contribution in [3.63, 3.8) is 0 Å². The lowest BCUT2D eigenvalue weighted by atomic mass is 10.1. The first-order valence-electron chi connectivity index (χ1n) is 8.70. The van der Waals surface area contributed by atoms with Crippen molar-refractivity contribution in [1.29, 1.82) is 0 Å². The van der Waals surface area contributed by atoms with Crippen LogP contribution in [-0.2, 0) is 4.79 Å². The normalized spacial score (nSPS) is 10.8. The average Bonchev–Trinajstić information content (AvgIpc) is 2.67. The van der Waals surface area contributed by atoms with Crippen LogP contribution in [0.15, 0.2) is 42.5 Å². The highest BCUT2D eigenvalue weighted by molar-refractivity contribution is 5.99. The molecule has 0 aromatic heterocycles. The molecular formula is C20H21F3N2O4. The zero-order valence-electron chi connectivity index (χ0n) is 16.1. The van der Waals surface area contributed by atoms with Gasteiger partial charge in [0.2, 0.25) is 5.91 Å². The summed E-state index contributed by atoms with van der Waals surface area (Å²) in [6.45, 7) is 0.169. The van der Waals surface area contributed by atoms with E-state index in [1.165, 1.54) is 54.5 Å². The molecule has 0 aliphatic carbocycles. The van der Waals surface area contributed by atoms with Gasteiger partial charge >= 0.3 is 6.61 Å². The van der Waals surface area contributed by atoms with Crippen molar-refractivity contribution in [1.82, 2.24) is 4.90 Å². The number of nitrogens with one attached hydrogen (secondary N) is 1. The number of methoxy groups -OCH3 is 1. The summed E-state index contributed by atoms with van der Waals surface area (Å²) in [6, 6.07) is 8.68. The molecule has 0 fully saturated rings. The fourth-order valence-corrected chi connectivity index (χ4v) is 2.54. The van der Waals surface area contributed by atoms with Gasteiger partial charge in [-0.3, -0.25) is 9.59 Å². The topological polar surface area (TPSA) is 67.9 Å². The van der Waals surface area contributed by atoms with E-state index in [1.807, 2.05) is 0 Å². The third-order valence-corrected chi connectivity index (χ3v) is 3.95. The Bertz CT molecular complexity index is 857. The predicted octanol–water partition coefficient (Wildman–Crippen LogP) is 3.93. The Morgan fingerprint density at radius 2 is 1.72 bits per heavy atom. The molecule has 0 spiro atoms. The van der Waals surface area contributed by atoms with Gasteiger partial charge in [-0.2, -0.15) is 8.78 Å². The lowest BCUT2D eigenvalue weighted by Crippen LogP contribution is -2.42. The van der Waals surface area contributed by atoms with Gasteiger partial charge in [-0.05, 0) is 56.3 Å². The first-order valence-corrected chi connectivity index (χ1v) is 8.70. The van der Waals surface area contributed by atoms with Crippen LogP contribution in [-0.4, -0.2) is 43.0 Å².